The van der Waals surface area contributed by atoms with Crippen LogP contribution in [0.4, 0.5) is 5.82 Å². The second-order valence-corrected chi connectivity index (χ2v) is 4.39. The molecule has 0 radical (unpaired) electrons. The van der Waals surface area contributed by atoms with Gasteiger partial charge in [-0.05, 0) is 13.0 Å². The third kappa shape index (κ3) is 2.10. The molecule has 90 valence electrons. The van der Waals surface area contributed by atoms with Gasteiger partial charge in [0.05, 0.1) is 15.7 Å². The minimum absolute atomic E-state index is 0.218. The monoisotopic (exact) mass is 278 g/mol. The van der Waals surface area contributed by atoms with Gasteiger partial charge in [0, 0.05) is 5.56 Å². The molecule has 1 aromatic heterocycles. The molecule has 2 rings (SSSR count). The molecule has 0 aliphatic carbocycles. The second-order valence-electron chi connectivity index (χ2n) is 3.60. The van der Waals surface area contributed by atoms with Crippen molar-refractivity contribution in [3.8, 4) is 17.3 Å². The molecule has 0 amide bonds. The molecule has 6 heteroatoms. The molecule has 0 fully saturated rings. The number of hydrogen-bond acceptors (Lipinski definition) is 4. The van der Waals surface area contributed by atoms with Crippen molar-refractivity contribution in [2.75, 3.05) is 5.73 Å². The second kappa shape index (κ2) is 4.81. The van der Waals surface area contributed by atoms with E-state index < -0.39 is 0 Å². The highest BCUT2D eigenvalue weighted by atomic mass is 35.5. The number of anilines is 1. The van der Waals surface area contributed by atoms with Crippen LogP contribution in [-0.4, -0.2) is 9.97 Å². The van der Waals surface area contributed by atoms with E-state index in [1.807, 2.05) is 6.07 Å². The largest absolute Gasteiger partial charge is 0.382 e. The lowest BCUT2D eigenvalue weighted by atomic mass is 10.1. The van der Waals surface area contributed by atoms with E-state index in [2.05, 4.69) is 9.97 Å². The number of hydrogen-bond donors (Lipinski definition) is 1. The van der Waals surface area contributed by atoms with Crippen molar-refractivity contribution in [1.29, 1.82) is 5.26 Å². The lowest BCUT2D eigenvalue weighted by molar-refractivity contribution is 1.10. The molecule has 4 nitrogen and oxygen atoms in total. The van der Waals surface area contributed by atoms with Gasteiger partial charge in [-0.3, -0.25) is 0 Å². The Kier molecular flexibility index (Phi) is 3.37. The van der Waals surface area contributed by atoms with Gasteiger partial charge in [0.1, 0.15) is 17.6 Å². The van der Waals surface area contributed by atoms with E-state index in [4.69, 9.17) is 34.2 Å². The van der Waals surface area contributed by atoms with Crippen molar-refractivity contribution in [1.82, 2.24) is 9.97 Å². The van der Waals surface area contributed by atoms with Crippen LogP contribution in [0.5, 0.6) is 0 Å². The van der Waals surface area contributed by atoms with Gasteiger partial charge in [-0.25, -0.2) is 9.97 Å². The van der Waals surface area contributed by atoms with Gasteiger partial charge in [0.25, 0.3) is 0 Å². The highest BCUT2D eigenvalue weighted by Gasteiger charge is 2.14. The number of rotatable bonds is 1. The lowest BCUT2D eigenvalue weighted by Crippen LogP contribution is -2.03. The zero-order chi connectivity index (χ0) is 13.3. The Morgan fingerprint density at radius 1 is 1.28 bits per heavy atom. The Morgan fingerprint density at radius 3 is 2.67 bits per heavy atom. The van der Waals surface area contributed by atoms with Crippen molar-refractivity contribution in [3.63, 3.8) is 0 Å². The SMILES string of the molecule is Cc1nc(N)c(-c2cccc(Cl)c2Cl)nc1C#N. The first kappa shape index (κ1) is 12.6. The van der Waals surface area contributed by atoms with E-state index >= 15 is 0 Å². The van der Waals surface area contributed by atoms with Crippen LogP contribution in [-0.2, 0) is 0 Å². The summed E-state index contributed by atoms with van der Waals surface area (Å²) in [5.74, 6) is 0.218. The van der Waals surface area contributed by atoms with Crippen molar-refractivity contribution in [2.24, 2.45) is 0 Å². The van der Waals surface area contributed by atoms with Crippen molar-refractivity contribution < 1.29 is 0 Å². The predicted molar refractivity (Wildman–Crippen MR) is 71.4 cm³/mol. The summed E-state index contributed by atoms with van der Waals surface area (Å²) in [5.41, 5.74) is 7.44. The number of nitriles is 1. The van der Waals surface area contributed by atoms with Crippen LogP contribution in [0.15, 0.2) is 18.2 Å². The van der Waals surface area contributed by atoms with Gasteiger partial charge >= 0.3 is 0 Å². The van der Waals surface area contributed by atoms with E-state index in [1.54, 1.807) is 25.1 Å². The zero-order valence-electron chi connectivity index (χ0n) is 9.41. The third-order valence-corrected chi connectivity index (χ3v) is 3.23. The molecule has 2 N–H and O–H groups in total. The van der Waals surface area contributed by atoms with Gasteiger partial charge in [0.2, 0.25) is 0 Å². The molecule has 0 spiro atoms. The fourth-order valence-corrected chi connectivity index (χ4v) is 1.92. The molecular weight excluding hydrogens is 271 g/mol. The Morgan fingerprint density at radius 2 is 2.00 bits per heavy atom. The summed E-state index contributed by atoms with van der Waals surface area (Å²) < 4.78 is 0. The van der Waals surface area contributed by atoms with Crippen LogP contribution in [0.3, 0.4) is 0 Å². The number of aryl methyl sites for hydroxylation is 1. The van der Waals surface area contributed by atoms with E-state index in [0.29, 0.717) is 27.0 Å². The molecule has 1 aromatic carbocycles. The molecule has 0 aliphatic rings. The normalized spacial score (nSPS) is 10.1. The molecule has 0 saturated heterocycles. The molecule has 18 heavy (non-hydrogen) atoms. The maximum atomic E-state index is 8.95. The molecule has 2 aromatic rings. The van der Waals surface area contributed by atoms with Crippen molar-refractivity contribution >= 4 is 29.0 Å². The van der Waals surface area contributed by atoms with Gasteiger partial charge in [-0.1, -0.05) is 35.3 Å². The summed E-state index contributed by atoms with van der Waals surface area (Å²) in [4.78, 5) is 8.25. The average Bonchev–Trinajstić information content (AvgIpc) is 2.34. The third-order valence-electron chi connectivity index (χ3n) is 2.41. The number of halogens is 2. The molecule has 0 bridgehead atoms. The first-order valence-electron chi connectivity index (χ1n) is 5.03. The Bertz CT molecular complexity index is 662. The summed E-state index contributed by atoms with van der Waals surface area (Å²) >= 11 is 12.0. The van der Waals surface area contributed by atoms with E-state index in [9.17, 15) is 0 Å². The molecule has 0 atom stereocenters. The first-order valence-corrected chi connectivity index (χ1v) is 5.78. The van der Waals surface area contributed by atoms with Gasteiger partial charge in [0.15, 0.2) is 5.69 Å². The number of aromatic nitrogens is 2. The molecule has 0 aliphatic heterocycles. The maximum Gasteiger partial charge on any atom is 0.162 e. The summed E-state index contributed by atoms with van der Waals surface area (Å²) in [6.07, 6.45) is 0. The van der Waals surface area contributed by atoms with Crippen molar-refractivity contribution in [2.45, 2.75) is 6.92 Å². The molecule has 0 unspecified atom stereocenters. The summed E-state index contributed by atoms with van der Waals surface area (Å²) in [6, 6.07) is 7.08. The lowest BCUT2D eigenvalue weighted by Gasteiger charge is -2.08. The summed E-state index contributed by atoms with van der Waals surface area (Å²) in [6.45, 7) is 1.67. The fraction of sp³-hybridized carbons (Fsp3) is 0.0833. The van der Waals surface area contributed by atoms with Crippen molar-refractivity contribution in [3.05, 3.63) is 39.6 Å². The zero-order valence-corrected chi connectivity index (χ0v) is 10.9. The standard InChI is InChI=1S/C12H8Cl2N4/c1-6-9(5-15)18-11(12(16)17-6)7-3-2-4-8(13)10(7)14/h2-4H,1H3,(H2,16,17). The topological polar surface area (TPSA) is 75.6 Å². The quantitative estimate of drug-likeness (QED) is 0.869. The number of nitrogens with zero attached hydrogens (tertiary/aromatic N) is 3. The van der Waals surface area contributed by atoms with E-state index in [-0.39, 0.29) is 11.5 Å². The minimum atomic E-state index is 0.218. The molecule has 0 saturated carbocycles. The highest BCUT2D eigenvalue weighted by Crippen LogP contribution is 2.34. The van der Waals surface area contributed by atoms with E-state index in [1.165, 1.54) is 0 Å². The Hall–Kier alpha value is -1.83. The summed E-state index contributed by atoms with van der Waals surface area (Å²) in [5, 5.41) is 9.69. The number of nitrogens with two attached hydrogens (primary N) is 1. The Labute approximate surface area is 114 Å². The molecule has 1 heterocycles. The van der Waals surface area contributed by atoms with Crippen LogP contribution < -0.4 is 5.73 Å². The number of nitrogen functional groups attached to an aromatic ring is 1. The van der Waals surface area contributed by atoms with Gasteiger partial charge < -0.3 is 5.73 Å². The fourth-order valence-electron chi connectivity index (χ4n) is 1.53. The Balaban J connectivity index is 2.72. The highest BCUT2D eigenvalue weighted by molar-refractivity contribution is 6.43. The molecular formula is C12H8Cl2N4. The number of benzene rings is 1. The minimum Gasteiger partial charge on any atom is -0.382 e. The van der Waals surface area contributed by atoms with Crippen LogP contribution in [0, 0.1) is 18.3 Å². The van der Waals surface area contributed by atoms with Crippen LogP contribution >= 0.6 is 23.2 Å². The van der Waals surface area contributed by atoms with Crippen LogP contribution in [0.2, 0.25) is 10.0 Å². The average molecular weight is 279 g/mol. The van der Waals surface area contributed by atoms with Gasteiger partial charge in [-0.2, -0.15) is 5.26 Å². The first-order chi connectivity index (χ1) is 8.54. The van der Waals surface area contributed by atoms with Gasteiger partial charge in [-0.15, -0.1) is 0 Å². The van der Waals surface area contributed by atoms with Crippen LogP contribution in [0.1, 0.15) is 11.4 Å². The maximum absolute atomic E-state index is 8.95. The van der Waals surface area contributed by atoms with Crippen LogP contribution in [0.25, 0.3) is 11.3 Å². The summed E-state index contributed by atoms with van der Waals surface area (Å²) in [7, 11) is 0. The smallest absolute Gasteiger partial charge is 0.162 e. The van der Waals surface area contributed by atoms with E-state index in [0.717, 1.165) is 0 Å². The predicted octanol–water partition coefficient (Wildman–Crippen LogP) is 3.21.